The second kappa shape index (κ2) is 13.0. The number of hydrogen-bond acceptors (Lipinski definition) is 6. The number of carbonyl (C=O) groups excluding carboxylic acids is 1. The summed E-state index contributed by atoms with van der Waals surface area (Å²) < 4.78 is 23.2. The van der Waals surface area contributed by atoms with Gasteiger partial charge in [-0.1, -0.05) is 6.92 Å². The lowest BCUT2D eigenvalue weighted by Gasteiger charge is -2.29. The van der Waals surface area contributed by atoms with Crippen molar-refractivity contribution < 1.29 is 22.5 Å². The smallest absolute Gasteiger partial charge is 0.500 e. The van der Waals surface area contributed by atoms with Crippen LogP contribution in [0.25, 0.3) is 0 Å². The summed E-state index contributed by atoms with van der Waals surface area (Å²) in [5, 5.41) is 0. The second-order valence-electron chi connectivity index (χ2n) is 6.86. The molecule has 0 amide bonds. The Morgan fingerprint density at radius 2 is 1.40 bits per heavy atom. The minimum Gasteiger partial charge on any atom is -0.520 e. The average molecular weight is 394 g/mol. The van der Waals surface area contributed by atoms with Crippen LogP contribution in [0.1, 0.15) is 40.5 Å². The predicted octanol–water partition coefficient (Wildman–Crippen LogP) is 3.52. The first-order chi connectivity index (χ1) is 11.7. The molecule has 0 radical (unpaired) electrons. The third-order valence-corrected chi connectivity index (χ3v) is 7.54. The van der Waals surface area contributed by atoms with Crippen LogP contribution in [0.4, 0.5) is 0 Å². The van der Waals surface area contributed by atoms with Crippen molar-refractivity contribution in [3.8, 4) is 0 Å². The van der Waals surface area contributed by atoms with Crippen molar-refractivity contribution in [2.75, 3.05) is 39.5 Å². The Morgan fingerprint density at radius 1 is 0.880 bits per heavy atom. The minimum absolute atomic E-state index is 0.0840. The lowest BCUT2D eigenvalue weighted by atomic mass is 10.3. The molecule has 0 aromatic rings. The zero-order valence-corrected chi connectivity index (χ0v) is 19.4. The number of hydrogen-bond donors (Lipinski definition) is 0. The van der Waals surface area contributed by atoms with E-state index in [-0.39, 0.29) is 5.97 Å². The standard InChI is InChI=1S/C17H39NO5Si2/c1-8-18(15-13-17(19)23-24(5,6)7)14-12-16-25(20-9-2,21-10-3)22-11-4/h8-16H2,1-7H3. The van der Waals surface area contributed by atoms with Gasteiger partial charge in [0.2, 0.25) is 8.32 Å². The van der Waals surface area contributed by atoms with E-state index in [0.29, 0.717) is 26.2 Å². The van der Waals surface area contributed by atoms with Crippen molar-refractivity contribution in [2.24, 2.45) is 0 Å². The van der Waals surface area contributed by atoms with Crippen molar-refractivity contribution in [1.82, 2.24) is 4.90 Å². The van der Waals surface area contributed by atoms with E-state index in [1.165, 1.54) is 0 Å². The molecule has 0 aromatic heterocycles. The minimum atomic E-state index is -2.56. The van der Waals surface area contributed by atoms with Gasteiger partial charge in [0.05, 0.1) is 6.42 Å². The van der Waals surface area contributed by atoms with Gasteiger partial charge in [0.25, 0.3) is 5.97 Å². The predicted molar refractivity (Wildman–Crippen MR) is 106 cm³/mol. The van der Waals surface area contributed by atoms with Gasteiger partial charge in [-0.25, -0.2) is 0 Å². The lowest BCUT2D eigenvalue weighted by Crippen LogP contribution is -2.46. The van der Waals surface area contributed by atoms with Crippen molar-refractivity contribution >= 4 is 23.1 Å². The zero-order chi connectivity index (χ0) is 19.3. The highest BCUT2D eigenvalue weighted by Gasteiger charge is 2.39. The van der Waals surface area contributed by atoms with E-state index in [1.54, 1.807) is 0 Å². The van der Waals surface area contributed by atoms with Crippen LogP contribution < -0.4 is 0 Å². The van der Waals surface area contributed by atoms with E-state index in [9.17, 15) is 4.79 Å². The molecule has 0 spiro atoms. The number of rotatable bonds is 15. The fourth-order valence-electron chi connectivity index (χ4n) is 2.59. The maximum atomic E-state index is 11.9. The SMILES string of the molecule is CCO[Si](CCCN(CC)CCC(=O)O[Si](C)(C)C)(OCC)OCC. The lowest BCUT2D eigenvalue weighted by molar-refractivity contribution is -0.135. The fraction of sp³-hybridized carbons (Fsp3) is 0.941. The van der Waals surface area contributed by atoms with Gasteiger partial charge in [-0.15, -0.1) is 0 Å². The average Bonchev–Trinajstić information content (AvgIpc) is 2.49. The molecule has 0 aromatic carbocycles. The van der Waals surface area contributed by atoms with Gasteiger partial charge < -0.3 is 22.6 Å². The van der Waals surface area contributed by atoms with Gasteiger partial charge in [0, 0.05) is 32.4 Å². The molecule has 6 nitrogen and oxygen atoms in total. The first-order valence-electron chi connectivity index (χ1n) is 9.57. The van der Waals surface area contributed by atoms with Crippen LogP contribution in [0.15, 0.2) is 0 Å². The van der Waals surface area contributed by atoms with Crippen molar-refractivity contribution in [1.29, 1.82) is 0 Å². The Balaban J connectivity index is 4.40. The molecule has 25 heavy (non-hydrogen) atoms. The van der Waals surface area contributed by atoms with Crippen molar-refractivity contribution in [2.45, 2.75) is 66.2 Å². The van der Waals surface area contributed by atoms with Crippen molar-refractivity contribution in [3.05, 3.63) is 0 Å². The molecule has 0 rings (SSSR count). The Kier molecular flexibility index (Phi) is 12.9. The summed E-state index contributed by atoms with van der Waals surface area (Å²) in [4.78, 5) is 14.2. The number of nitrogens with zero attached hydrogens (tertiary/aromatic N) is 1. The fourth-order valence-corrected chi connectivity index (χ4v) is 5.97. The Hall–Kier alpha value is -0.256. The summed E-state index contributed by atoms with van der Waals surface area (Å²) >= 11 is 0. The second-order valence-corrected chi connectivity index (χ2v) is 14.0. The van der Waals surface area contributed by atoms with Gasteiger partial charge in [-0.05, 0) is 59.9 Å². The van der Waals surface area contributed by atoms with Crippen LogP contribution in [0.3, 0.4) is 0 Å². The Morgan fingerprint density at radius 3 is 1.80 bits per heavy atom. The van der Waals surface area contributed by atoms with Gasteiger partial charge in [-0.3, -0.25) is 4.79 Å². The maximum Gasteiger partial charge on any atom is 0.500 e. The molecule has 150 valence electrons. The normalized spacial score (nSPS) is 12.6. The number of carbonyl (C=O) groups is 1. The first kappa shape index (κ1) is 24.7. The molecule has 0 fully saturated rings. The quantitative estimate of drug-likeness (QED) is 0.397. The van der Waals surface area contributed by atoms with Crippen LogP contribution in [-0.4, -0.2) is 67.4 Å². The molecular weight excluding hydrogens is 354 g/mol. The van der Waals surface area contributed by atoms with Gasteiger partial charge in [-0.2, -0.15) is 0 Å². The topological polar surface area (TPSA) is 57.2 Å². The van der Waals surface area contributed by atoms with Crippen LogP contribution in [-0.2, 0) is 22.5 Å². The van der Waals surface area contributed by atoms with E-state index in [2.05, 4.69) is 11.8 Å². The molecule has 0 aliphatic rings. The van der Waals surface area contributed by atoms with Crippen LogP contribution >= 0.6 is 0 Å². The molecule has 0 N–H and O–H groups in total. The molecule has 0 unspecified atom stereocenters. The molecule has 8 heteroatoms. The molecule has 0 atom stereocenters. The largest absolute Gasteiger partial charge is 0.520 e. The highest BCUT2D eigenvalue weighted by molar-refractivity contribution is 6.71. The highest BCUT2D eigenvalue weighted by Crippen LogP contribution is 2.18. The van der Waals surface area contributed by atoms with E-state index in [4.69, 9.17) is 17.7 Å². The van der Waals surface area contributed by atoms with Gasteiger partial charge >= 0.3 is 8.80 Å². The van der Waals surface area contributed by atoms with Crippen LogP contribution in [0.5, 0.6) is 0 Å². The molecule has 0 aliphatic heterocycles. The summed E-state index contributed by atoms with van der Waals surface area (Å²) in [5.41, 5.74) is 0. The monoisotopic (exact) mass is 393 g/mol. The molecular formula is C17H39NO5Si2. The summed E-state index contributed by atoms with van der Waals surface area (Å²) in [6.45, 7) is 18.5. The maximum absolute atomic E-state index is 11.9. The highest BCUT2D eigenvalue weighted by atomic mass is 28.4. The zero-order valence-electron chi connectivity index (χ0n) is 17.4. The van der Waals surface area contributed by atoms with Crippen molar-refractivity contribution in [3.63, 3.8) is 0 Å². The Bertz CT molecular complexity index is 346. The third-order valence-electron chi connectivity index (χ3n) is 3.55. The summed E-state index contributed by atoms with van der Waals surface area (Å²) in [6.07, 6.45) is 1.38. The van der Waals surface area contributed by atoms with E-state index in [1.807, 2.05) is 40.4 Å². The van der Waals surface area contributed by atoms with E-state index in [0.717, 1.165) is 32.1 Å². The van der Waals surface area contributed by atoms with E-state index >= 15 is 0 Å². The summed E-state index contributed by atoms with van der Waals surface area (Å²) in [7, 11) is -4.36. The van der Waals surface area contributed by atoms with Crippen LogP contribution in [0, 0.1) is 0 Å². The summed E-state index contributed by atoms with van der Waals surface area (Å²) in [5.74, 6) is -0.0840. The van der Waals surface area contributed by atoms with Gasteiger partial charge in [0.1, 0.15) is 0 Å². The first-order valence-corrected chi connectivity index (χ1v) is 14.9. The van der Waals surface area contributed by atoms with Crippen LogP contribution in [0.2, 0.25) is 25.7 Å². The molecule has 0 bridgehead atoms. The molecule has 0 heterocycles. The van der Waals surface area contributed by atoms with Gasteiger partial charge in [0.15, 0.2) is 0 Å². The Labute approximate surface area is 156 Å². The third kappa shape index (κ3) is 11.9. The molecule has 0 aliphatic carbocycles. The molecule has 0 saturated carbocycles. The van der Waals surface area contributed by atoms with E-state index < -0.39 is 17.1 Å². The summed E-state index contributed by atoms with van der Waals surface area (Å²) in [6, 6.07) is 0.804. The molecule has 0 saturated heterocycles.